The third-order valence-corrected chi connectivity index (χ3v) is 3.88. The van der Waals surface area contributed by atoms with Gasteiger partial charge in [-0.25, -0.2) is 0 Å². The van der Waals surface area contributed by atoms with Crippen molar-refractivity contribution in [2.75, 3.05) is 5.75 Å². The maximum atomic E-state index is 12.2. The summed E-state index contributed by atoms with van der Waals surface area (Å²) in [7, 11) is 0. The Morgan fingerprint density at radius 3 is 2.67 bits per heavy atom. The normalized spacial score (nSPS) is 11.7. The average molecular weight is 259 g/mol. The van der Waals surface area contributed by atoms with Gasteiger partial charge in [0.1, 0.15) is 0 Å². The lowest BCUT2D eigenvalue weighted by Gasteiger charge is -2.16. The number of rotatable bonds is 3. The number of benzene rings is 1. The molecule has 0 fully saturated rings. The molecule has 0 saturated carbocycles. The zero-order valence-corrected chi connectivity index (χ0v) is 11.8. The van der Waals surface area contributed by atoms with E-state index in [4.69, 9.17) is 0 Å². The second kappa shape index (κ2) is 5.11. The predicted octanol–water partition coefficient (Wildman–Crippen LogP) is 3.95. The van der Waals surface area contributed by atoms with Crippen molar-refractivity contribution in [3.63, 3.8) is 0 Å². The number of aromatic nitrogens is 1. The summed E-state index contributed by atoms with van der Waals surface area (Å²) in [5, 5.41) is 2.01. The van der Waals surface area contributed by atoms with E-state index < -0.39 is 0 Å². The Balaban J connectivity index is 2.28. The van der Waals surface area contributed by atoms with Gasteiger partial charge in [0, 0.05) is 28.1 Å². The fourth-order valence-corrected chi connectivity index (χ4v) is 2.42. The zero-order chi connectivity index (χ0) is 13.2. The first-order valence-corrected chi connectivity index (χ1v) is 6.96. The molecule has 0 saturated heterocycles. The molecule has 1 aromatic heterocycles. The molecule has 2 nitrogen and oxygen atoms in total. The molecule has 0 aliphatic rings. The highest BCUT2D eigenvalue weighted by molar-refractivity contribution is 8.01. The Labute approximate surface area is 112 Å². The minimum absolute atomic E-state index is 0.105. The first kappa shape index (κ1) is 13.1. The third kappa shape index (κ3) is 3.10. The van der Waals surface area contributed by atoms with Gasteiger partial charge in [-0.1, -0.05) is 45.0 Å². The highest BCUT2D eigenvalue weighted by Crippen LogP contribution is 2.25. The van der Waals surface area contributed by atoms with Gasteiger partial charge in [-0.15, -0.1) is 11.8 Å². The van der Waals surface area contributed by atoms with Crippen LogP contribution in [0.3, 0.4) is 0 Å². The van der Waals surface area contributed by atoms with Crippen molar-refractivity contribution in [3.8, 4) is 0 Å². The minimum atomic E-state index is 0.105. The molecule has 0 bridgehead atoms. The molecule has 0 amide bonds. The molecular formula is C15H17NOS. The lowest BCUT2D eigenvalue weighted by Crippen LogP contribution is -2.13. The number of ketones is 1. The number of thioether (sulfide) groups is 1. The minimum Gasteiger partial charge on any atom is -0.293 e. The van der Waals surface area contributed by atoms with E-state index in [2.05, 4.69) is 25.8 Å². The van der Waals surface area contributed by atoms with Crippen LogP contribution in [0.5, 0.6) is 0 Å². The van der Waals surface area contributed by atoms with Crippen molar-refractivity contribution >= 4 is 28.3 Å². The average Bonchev–Trinajstić information content (AvgIpc) is 2.34. The van der Waals surface area contributed by atoms with E-state index in [0.29, 0.717) is 5.75 Å². The van der Waals surface area contributed by atoms with Crippen LogP contribution in [0.4, 0.5) is 0 Å². The molecule has 1 heterocycles. The van der Waals surface area contributed by atoms with E-state index in [-0.39, 0.29) is 10.5 Å². The van der Waals surface area contributed by atoms with Gasteiger partial charge in [0.15, 0.2) is 5.78 Å². The molecule has 0 unspecified atom stereocenters. The number of pyridine rings is 1. The van der Waals surface area contributed by atoms with Crippen LogP contribution in [0, 0.1) is 0 Å². The fraction of sp³-hybridized carbons (Fsp3) is 0.333. The first-order chi connectivity index (χ1) is 8.47. The summed E-state index contributed by atoms with van der Waals surface area (Å²) in [6.45, 7) is 6.35. The number of carbonyl (C=O) groups excluding carboxylic acids is 1. The molecule has 0 radical (unpaired) electrons. The summed E-state index contributed by atoms with van der Waals surface area (Å²) in [5.74, 6) is 0.651. The maximum Gasteiger partial charge on any atom is 0.174 e. The molecule has 0 atom stereocenters. The molecule has 0 aliphatic carbocycles. The molecule has 18 heavy (non-hydrogen) atoms. The number of carbonyl (C=O) groups is 1. The van der Waals surface area contributed by atoms with E-state index in [1.807, 2.05) is 24.3 Å². The van der Waals surface area contributed by atoms with Crippen LogP contribution in [0.25, 0.3) is 10.8 Å². The highest BCUT2D eigenvalue weighted by Gasteiger charge is 2.16. The van der Waals surface area contributed by atoms with Crippen molar-refractivity contribution < 1.29 is 4.79 Å². The highest BCUT2D eigenvalue weighted by atomic mass is 32.2. The number of hydrogen-bond donors (Lipinski definition) is 0. The van der Waals surface area contributed by atoms with Crippen LogP contribution >= 0.6 is 11.8 Å². The smallest absolute Gasteiger partial charge is 0.174 e. The second-order valence-corrected chi connectivity index (χ2v) is 7.03. The van der Waals surface area contributed by atoms with Gasteiger partial charge in [0.05, 0.1) is 5.75 Å². The van der Waals surface area contributed by atoms with Crippen molar-refractivity contribution in [1.82, 2.24) is 4.98 Å². The summed E-state index contributed by atoms with van der Waals surface area (Å²) in [5.41, 5.74) is 0.727. The predicted molar refractivity (Wildman–Crippen MR) is 78.3 cm³/mol. The van der Waals surface area contributed by atoms with Crippen LogP contribution in [0.15, 0.2) is 36.7 Å². The lowest BCUT2D eigenvalue weighted by molar-refractivity contribution is 0.102. The van der Waals surface area contributed by atoms with Gasteiger partial charge in [-0.2, -0.15) is 0 Å². The zero-order valence-electron chi connectivity index (χ0n) is 10.9. The van der Waals surface area contributed by atoms with Crippen LogP contribution in [-0.2, 0) is 0 Å². The molecular weight excluding hydrogens is 242 g/mol. The molecule has 1 aromatic carbocycles. The van der Waals surface area contributed by atoms with Crippen molar-refractivity contribution in [1.29, 1.82) is 0 Å². The topological polar surface area (TPSA) is 30.0 Å². The summed E-state index contributed by atoms with van der Waals surface area (Å²) in [6.07, 6.45) is 3.47. The fourth-order valence-electron chi connectivity index (χ4n) is 1.70. The van der Waals surface area contributed by atoms with E-state index >= 15 is 0 Å². The van der Waals surface area contributed by atoms with Crippen LogP contribution < -0.4 is 0 Å². The largest absolute Gasteiger partial charge is 0.293 e. The Morgan fingerprint density at radius 1 is 1.22 bits per heavy atom. The standard InChI is InChI=1S/C15H17NOS/c1-15(2,3)18-10-14(17)13-9-16-8-11-6-4-5-7-12(11)13/h4-9H,10H2,1-3H3. The van der Waals surface area contributed by atoms with E-state index in [9.17, 15) is 4.79 Å². The maximum absolute atomic E-state index is 12.2. The summed E-state index contributed by atoms with van der Waals surface area (Å²) in [4.78, 5) is 16.4. The van der Waals surface area contributed by atoms with Crippen LogP contribution in [0.1, 0.15) is 31.1 Å². The van der Waals surface area contributed by atoms with E-state index in [0.717, 1.165) is 16.3 Å². The Kier molecular flexibility index (Phi) is 3.71. The lowest BCUT2D eigenvalue weighted by atomic mass is 10.1. The van der Waals surface area contributed by atoms with Crippen molar-refractivity contribution in [2.45, 2.75) is 25.5 Å². The SMILES string of the molecule is CC(C)(C)SCC(=O)c1cncc2ccccc12. The van der Waals surface area contributed by atoms with Gasteiger partial charge in [-0.05, 0) is 5.39 Å². The molecule has 0 aliphatic heterocycles. The van der Waals surface area contributed by atoms with E-state index in [1.54, 1.807) is 24.2 Å². The summed E-state index contributed by atoms with van der Waals surface area (Å²) < 4.78 is 0.105. The summed E-state index contributed by atoms with van der Waals surface area (Å²) in [6, 6.07) is 7.88. The molecule has 94 valence electrons. The van der Waals surface area contributed by atoms with Crippen LogP contribution in [-0.4, -0.2) is 21.3 Å². The quantitative estimate of drug-likeness (QED) is 0.782. The van der Waals surface area contributed by atoms with Crippen molar-refractivity contribution in [2.24, 2.45) is 0 Å². The van der Waals surface area contributed by atoms with Gasteiger partial charge >= 0.3 is 0 Å². The number of hydrogen-bond acceptors (Lipinski definition) is 3. The Bertz CT molecular complexity index is 567. The first-order valence-electron chi connectivity index (χ1n) is 5.97. The van der Waals surface area contributed by atoms with Gasteiger partial charge in [-0.3, -0.25) is 9.78 Å². The van der Waals surface area contributed by atoms with Gasteiger partial charge in [0.25, 0.3) is 0 Å². The number of nitrogens with zero attached hydrogens (tertiary/aromatic N) is 1. The summed E-state index contributed by atoms with van der Waals surface area (Å²) >= 11 is 1.67. The van der Waals surface area contributed by atoms with E-state index in [1.165, 1.54) is 0 Å². The van der Waals surface area contributed by atoms with Gasteiger partial charge < -0.3 is 0 Å². The Morgan fingerprint density at radius 2 is 1.94 bits per heavy atom. The van der Waals surface area contributed by atoms with Crippen molar-refractivity contribution in [3.05, 3.63) is 42.2 Å². The second-order valence-electron chi connectivity index (χ2n) is 5.23. The number of Topliss-reactive ketones (excluding diaryl/α,β-unsaturated/α-hetero) is 1. The molecule has 2 aromatic rings. The monoisotopic (exact) mass is 259 g/mol. The van der Waals surface area contributed by atoms with Gasteiger partial charge in [0.2, 0.25) is 0 Å². The molecule has 0 spiro atoms. The molecule has 2 rings (SSSR count). The Hall–Kier alpha value is -1.35. The third-order valence-electron chi connectivity index (χ3n) is 2.60. The molecule has 0 N–H and O–H groups in total. The molecule has 3 heteroatoms. The van der Waals surface area contributed by atoms with Crippen LogP contribution in [0.2, 0.25) is 0 Å². The number of fused-ring (bicyclic) bond motifs is 1.